The van der Waals surface area contributed by atoms with Crippen molar-refractivity contribution in [1.29, 1.82) is 0 Å². The number of urea groups is 1. The molecule has 24 heavy (non-hydrogen) atoms. The molecule has 0 aromatic heterocycles. The molecule has 3 rings (SSSR count). The second-order valence-corrected chi connectivity index (χ2v) is 7.11. The third-order valence-corrected chi connectivity index (χ3v) is 5.06. The maximum atomic E-state index is 12.5. The highest BCUT2D eigenvalue weighted by atomic mass is 32.2. The van der Waals surface area contributed by atoms with Crippen LogP contribution in [0.4, 0.5) is 16.2 Å². The second kappa shape index (κ2) is 8.11. The van der Waals surface area contributed by atoms with Gasteiger partial charge in [-0.15, -0.1) is 0 Å². The lowest BCUT2D eigenvalue weighted by Crippen LogP contribution is -2.40. The molecule has 1 aliphatic heterocycles. The zero-order chi connectivity index (χ0) is 16.8. The monoisotopic (exact) mass is 341 g/mol. The Hall–Kier alpha value is -2.14. The lowest BCUT2D eigenvalue weighted by Gasteiger charge is -2.28. The van der Waals surface area contributed by atoms with Crippen LogP contribution in [0.1, 0.15) is 5.56 Å². The van der Waals surface area contributed by atoms with Gasteiger partial charge in [-0.25, -0.2) is 4.79 Å². The van der Waals surface area contributed by atoms with Gasteiger partial charge in [-0.3, -0.25) is 0 Å². The lowest BCUT2D eigenvalue weighted by atomic mass is 10.2. The summed E-state index contributed by atoms with van der Waals surface area (Å²) < 4.78 is 0. The van der Waals surface area contributed by atoms with Crippen molar-refractivity contribution in [3.05, 3.63) is 60.2 Å². The Labute approximate surface area is 147 Å². The van der Waals surface area contributed by atoms with Crippen LogP contribution in [-0.4, -0.2) is 42.6 Å². The Bertz CT molecular complexity index is 671. The van der Waals surface area contributed by atoms with E-state index < -0.39 is 0 Å². The number of nitrogens with zero attached hydrogens (tertiary/aromatic N) is 2. The molecule has 0 bridgehead atoms. The van der Waals surface area contributed by atoms with Gasteiger partial charge < -0.3 is 15.1 Å². The van der Waals surface area contributed by atoms with E-state index in [1.807, 2.05) is 59.1 Å². The predicted octanol–water partition coefficient (Wildman–Crippen LogP) is 3.90. The Morgan fingerprint density at radius 1 is 1.08 bits per heavy atom. The average Bonchev–Trinajstić information content (AvgIpc) is 2.63. The van der Waals surface area contributed by atoms with E-state index in [0.717, 1.165) is 42.5 Å². The molecule has 1 fully saturated rings. The van der Waals surface area contributed by atoms with Crippen molar-refractivity contribution in [3.8, 4) is 0 Å². The Morgan fingerprint density at radius 3 is 2.50 bits per heavy atom. The molecule has 0 radical (unpaired) electrons. The number of para-hydroxylation sites is 2. The quantitative estimate of drug-likeness (QED) is 0.916. The third-order valence-electron chi connectivity index (χ3n) is 4.12. The zero-order valence-corrected chi connectivity index (χ0v) is 14.8. The van der Waals surface area contributed by atoms with Gasteiger partial charge in [0.2, 0.25) is 0 Å². The largest absolute Gasteiger partial charge is 0.369 e. The van der Waals surface area contributed by atoms with Crippen LogP contribution >= 0.6 is 11.8 Å². The maximum absolute atomic E-state index is 12.5. The fourth-order valence-corrected chi connectivity index (χ4v) is 3.72. The molecule has 5 heteroatoms. The summed E-state index contributed by atoms with van der Waals surface area (Å²) in [6.07, 6.45) is 0. The fraction of sp³-hybridized carbons (Fsp3) is 0.316. The van der Waals surface area contributed by atoms with Crippen molar-refractivity contribution in [2.45, 2.75) is 6.54 Å². The molecule has 1 N–H and O–H groups in total. The Kier molecular flexibility index (Phi) is 5.64. The first-order chi connectivity index (χ1) is 11.7. The molecule has 0 unspecified atom stereocenters. The Balaban J connectivity index is 1.71. The van der Waals surface area contributed by atoms with Gasteiger partial charge in [0.25, 0.3) is 0 Å². The standard InChI is InChI=1S/C19H23N3OS/c1-21(15-16-7-3-2-4-8-16)18-10-6-5-9-17(18)20-19(23)22-11-13-24-14-12-22/h2-10H,11-15H2,1H3,(H,20,23). The van der Waals surface area contributed by atoms with Crippen molar-refractivity contribution in [1.82, 2.24) is 4.90 Å². The maximum Gasteiger partial charge on any atom is 0.321 e. The number of hydrogen-bond donors (Lipinski definition) is 1. The predicted molar refractivity (Wildman–Crippen MR) is 103 cm³/mol. The number of anilines is 2. The van der Waals surface area contributed by atoms with Crippen molar-refractivity contribution >= 4 is 29.2 Å². The van der Waals surface area contributed by atoms with Crippen molar-refractivity contribution < 1.29 is 4.79 Å². The van der Waals surface area contributed by atoms with Crippen molar-refractivity contribution in [2.24, 2.45) is 0 Å². The summed E-state index contributed by atoms with van der Waals surface area (Å²) in [5.41, 5.74) is 3.13. The minimum absolute atomic E-state index is 0.00383. The first-order valence-corrected chi connectivity index (χ1v) is 9.37. The van der Waals surface area contributed by atoms with Crippen LogP contribution in [0.5, 0.6) is 0 Å². The molecule has 0 atom stereocenters. The molecular formula is C19H23N3OS. The molecule has 1 saturated heterocycles. The van der Waals surface area contributed by atoms with E-state index in [1.54, 1.807) is 0 Å². The van der Waals surface area contributed by atoms with Crippen LogP contribution in [0.3, 0.4) is 0 Å². The molecule has 1 aliphatic rings. The molecule has 126 valence electrons. The summed E-state index contributed by atoms with van der Waals surface area (Å²) in [7, 11) is 2.05. The van der Waals surface area contributed by atoms with E-state index in [-0.39, 0.29) is 6.03 Å². The van der Waals surface area contributed by atoms with Crippen LogP contribution in [0, 0.1) is 0 Å². The van der Waals surface area contributed by atoms with Gasteiger partial charge in [-0.05, 0) is 17.7 Å². The van der Waals surface area contributed by atoms with E-state index in [4.69, 9.17) is 0 Å². The number of rotatable bonds is 4. The van der Waals surface area contributed by atoms with Gasteiger partial charge in [-0.1, -0.05) is 42.5 Å². The highest BCUT2D eigenvalue weighted by Gasteiger charge is 2.18. The Morgan fingerprint density at radius 2 is 1.75 bits per heavy atom. The molecule has 0 aliphatic carbocycles. The highest BCUT2D eigenvalue weighted by Crippen LogP contribution is 2.26. The average molecular weight is 341 g/mol. The van der Waals surface area contributed by atoms with Gasteiger partial charge in [0.05, 0.1) is 11.4 Å². The minimum Gasteiger partial charge on any atom is -0.369 e. The minimum atomic E-state index is -0.00383. The topological polar surface area (TPSA) is 35.6 Å². The molecule has 4 nitrogen and oxygen atoms in total. The highest BCUT2D eigenvalue weighted by molar-refractivity contribution is 7.99. The van der Waals surface area contributed by atoms with Crippen LogP contribution < -0.4 is 10.2 Å². The molecule has 2 aromatic carbocycles. The first kappa shape index (κ1) is 16.7. The van der Waals surface area contributed by atoms with E-state index in [2.05, 4.69) is 29.4 Å². The SMILES string of the molecule is CN(Cc1ccccc1)c1ccccc1NC(=O)N1CCSCC1. The summed E-state index contributed by atoms with van der Waals surface area (Å²) >= 11 is 1.90. The van der Waals surface area contributed by atoms with Crippen LogP contribution in [0.25, 0.3) is 0 Å². The number of amides is 2. The van der Waals surface area contributed by atoms with Gasteiger partial charge in [0.1, 0.15) is 0 Å². The number of benzene rings is 2. The first-order valence-electron chi connectivity index (χ1n) is 8.22. The summed E-state index contributed by atoms with van der Waals surface area (Å²) in [6, 6.07) is 18.3. The van der Waals surface area contributed by atoms with Crippen molar-refractivity contribution in [2.75, 3.05) is 41.9 Å². The summed E-state index contributed by atoms with van der Waals surface area (Å²) in [6.45, 7) is 2.44. The van der Waals surface area contributed by atoms with Crippen molar-refractivity contribution in [3.63, 3.8) is 0 Å². The van der Waals surface area contributed by atoms with E-state index in [1.165, 1.54) is 5.56 Å². The lowest BCUT2D eigenvalue weighted by molar-refractivity contribution is 0.217. The number of carbonyl (C=O) groups excluding carboxylic acids is 1. The number of thioether (sulfide) groups is 1. The zero-order valence-electron chi connectivity index (χ0n) is 13.9. The van der Waals surface area contributed by atoms with Gasteiger partial charge >= 0.3 is 6.03 Å². The molecule has 2 amide bonds. The molecule has 2 aromatic rings. The summed E-state index contributed by atoms with van der Waals surface area (Å²) in [5, 5.41) is 3.08. The smallest absolute Gasteiger partial charge is 0.321 e. The van der Waals surface area contributed by atoms with E-state index in [0.29, 0.717) is 0 Å². The van der Waals surface area contributed by atoms with E-state index in [9.17, 15) is 4.79 Å². The van der Waals surface area contributed by atoms with Gasteiger partial charge in [0.15, 0.2) is 0 Å². The second-order valence-electron chi connectivity index (χ2n) is 5.89. The summed E-state index contributed by atoms with van der Waals surface area (Å²) in [4.78, 5) is 16.5. The number of nitrogens with one attached hydrogen (secondary N) is 1. The number of carbonyl (C=O) groups is 1. The third kappa shape index (κ3) is 4.23. The van der Waals surface area contributed by atoms with Crippen LogP contribution in [0.15, 0.2) is 54.6 Å². The molecule has 1 heterocycles. The molecule has 0 saturated carbocycles. The molecule has 0 spiro atoms. The van der Waals surface area contributed by atoms with Gasteiger partial charge in [-0.2, -0.15) is 11.8 Å². The van der Waals surface area contributed by atoms with Crippen LogP contribution in [-0.2, 0) is 6.54 Å². The normalized spacial score (nSPS) is 14.3. The molecular weight excluding hydrogens is 318 g/mol. The fourth-order valence-electron chi connectivity index (χ4n) is 2.82. The number of hydrogen-bond acceptors (Lipinski definition) is 3. The van der Waals surface area contributed by atoms with Gasteiger partial charge in [0, 0.05) is 38.2 Å². The summed E-state index contributed by atoms with van der Waals surface area (Å²) in [5.74, 6) is 2.03. The van der Waals surface area contributed by atoms with E-state index >= 15 is 0 Å². The van der Waals surface area contributed by atoms with Crippen LogP contribution in [0.2, 0.25) is 0 Å².